The minimum atomic E-state index is -0.162. The lowest BCUT2D eigenvalue weighted by Crippen LogP contribution is -2.22. The van der Waals surface area contributed by atoms with Crippen molar-refractivity contribution in [2.45, 2.75) is 27.3 Å². The Labute approximate surface area is 155 Å². The molecular weight excluding hydrogens is 326 g/mol. The van der Waals surface area contributed by atoms with E-state index in [1.54, 1.807) is 24.3 Å². The predicted molar refractivity (Wildman–Crippen MR) is 105 cm³/mol. The number of nitrogens with one attached hydrogen (secondary N) is 2. The highest BCUT2D eigenvalue weighted by Gasteiger charge is 2.08. The van der Waals surface area contributed by atoms with Crippen molar-refractivity contribution >= 4 is 17.5 Å². The van der Waals surface area contributed by atoms with Gasteiger partial charge < -0.3 is 10.6 Å². The Morgan fingerprint density at radius 2 is 1.35 bits per heavy atom. The fraction of sp³-hybridized carbons (Fsp3) is 0.333. The average Bonchev–Trinajstić information content (AvgIpc) is 2.67. The third kappa shape index (κ3) is 5.43. The van der Waals surface area contributed by atoms with Gasteiger partial charge in [0.2, 0.25) is 0 Å². The largest absolute Gasteiger partial charge is 0.352 e. The molecule has 0 unspecified atom stereocenters. The molecule has 0 fully saturated rings. The smallest absolute Gasteiger partial charge is 0.255 e. The number of amides is 2. The van der Waals surface area contributed by atoms with E-state index in [0.29, 0.717) is 23.4 Å². The van der Waals surface area contributed by atoms with Gasteiger partial charge in [-0.05, 0) is 62.0 Å². The number of hydrogen-bond acceptors (Lipinski definition) is 3. The first-order chi connectivity index (χ1) is 12.6. The Morgan fingerprint density at radius 3 is 1.88 bits per heavy atom. The Balaban J connectivity index is 1.98. The standard InChI is InChI=1S/C21H27N3O2/c1-4-22-20(25)17-11-13-19(14-12-17)23-21(26)18-9-7-16(8-10-18)15-24(5-2)6-3/h7-14H,4-6,15H2,1-3H3,(H,22,25)(H,23,26). The highest BCUT2D eigenvalue weighted by Crippen LogP contribution is 2.13. The van der Waals surface area contributed by atoms with Gasteiger partial charge in [0, 0.05) is 29.9 Å². The molecule has 2 aromatic rings. The fourth-order valence-electron chi connectivity index (χ4n) is 2.64. The van der Waals surface area contributed by atoms with Crippen LogP contribution in [-0.4, -0.2) is 36.3 Å². The fourth-order valence-corrected chi connectivity index (χ4v) is 2.64. The topological polar surface area (TPSA) is 61.4 Å². The highest BCUT2D eigenvalue weighted by atomic mass is 16.2. The molecule has 0 bridgehead atoms. The second-order valence-corrected chi connectivity index (χ2v) is 6.05. The van der Waals surface area contributed by atoms with Crippen LogP contribution in [0.5, 0.6) is 0 Å². The maximum atomic E-state index is 12.4. The van der Waals surface area contributed by atoms with Crippen molar-refractivity contribution < 1.29 is 9.59 Å². The van der Waals surface area contributed by atoms with E-state index < -0.39 is 0 Å². The van der Waals surface area contributed by atoms with Crippen LogP contribution in [0.25, 0.3) is 0 Å². The lowest BCUT2D eigenvalue weighted by molar-refractivity contribution is 0.0955. The quantitative estimate of drug-likeness (QED) is 0.763. The number of carbonyl (C=O) groups is 2. The molecule has 5 heteroatoms. The van der Waals surface area contributed by atoms with Crippen LogP contribution in [0.3, 0.4) is 0 Å². The van der Waals surface area contributed by atoms with E-state index in [4.69, 9.17) is 0 Å². The molecule has 0 spiro atoms. The minimum absolute atomic E-state index is 0.117. The summed E-state index contributed by atoms with van der Waals surface area (Å²) in [7, 11) is 0. The summed E-state index contributed by atoms with van der Waals surface area (Å²) in [4.78, 5) is 26.5. The van der Waals surface area contributed by atoms with Crippen LogP contribution in [0.15, 0.2) is 48.5 Å². The molecule has 2 aromatic carbocycles. The Morgan fingerprint density at radius 1 is 0.808 bits per heavy atom. The van der Waals surface area contributed by atoms with E-state index in [1.165, 1.54) is 5.56 Å². The van der Waals surface area contributed by atoms with Crippen LogP contribution in [0, 0.1) is 0 Å². The maximum absolute atomic E-state index is 12.4. The summed E-state index contributed by atoms with van der Waals surface area (Å²) in [6, 6.07) is 14.5. The number of carbonyl (C=O) groups excluding carboxylic acids is 2. The molecule has 0 saturated carbocycles. The van der Waals surface area contributed by atoms with Gasteiger partial charge in [-0.3, -0.25) is 14.5 Å². The SMILES string of the molecule is CCNC(=O)c1ccc(NC(=O)c2ccc(CN(CC)CC)cc2)cc1. The molecule has 2 amide bonds. The van der Waals surface area contributed by atoms with Crippen molar-refractivity contribution in [3.8, 4) is 0 Å². The van der Waals surface area contributed by atoms with Gasteiger partial charge in [0.25, 0.3) is 11.8 Å². The zero-order valence-electron chi connectivity index (χ0n) is 15.7. The van der Waals surface area contributed by atoms with Crippen LogP contribution in [0.1, 0.15) is 47.1 Å². The Bertz CT molecular complexity index is 720. The van der Waals surface area contributed by atoms with Crippen LogP contribution >= 0.6 is 0 Å². The van der Waals surface area contributed by atoms with Crippen molar-refractivity contribution in [3.05, 3.63) is 65.2 Å². The van der Waals surface area contributed by atoms with E-state index in [0.717, 1.165) is 19.6 Å². The first-order valence-electron chi connectivity index (χ1n) is 9.08. The molecule has 0 atom stereocenters. The molecule has 0 aliphatic heterocycles. The van der Waals surface area contributed by atoms with Gasteiger partial charge in [-0.15, -0.1) is 0 Å². The molecule has 2 rings (SSSR count). The second-order valence-electron chi connectivity index (χ2n) is 6.05. The highest BCUT2D eigenvalue weighted by molar-refractivity contribution is 6.04. The molecule has 0 aliphatic carbocycles. The van der Waals surface area contributed by atoms with Crippen molar-refractivity contribution in [1.82, 2.24) is 10.2 Å². The third-order valence-corrected chi connectivity index (χ3v) is 4.26. The predicted octanol–water partition coefficient (Wildman–Crippen LogP) is 3.53. The number of benzene rings is 2. The van der Waals surface area contributed by atoms with Crippen LogP contribution in [0.4, 0.5) is 5.69 Å². The van der Waals surface area contributed by atoms with Gasteiger partial charge in [0.15, 0.2) is 0 Å². The van der Waals surface area contributed by atoms with Crippen molar-refractivity contribution in [2.24, 2.45) is 0 Å². The van der Waals surface area contributed by atoms with E-state index in [9.17, 15) is 9.59 Å². The van der Waals surface area contributed by atoms with Crippen molar-refractivity contribution in [2.75, 3.05) is 25.0 Å². The average molecular weight is 353 g/mol. The Hall–Kier alpha value is -2.66. The van der Waals surface area contributed by atoms with Crippen molar-refractivity contribution in [1.29, 1.82) is 0 Å². The summed E-state index contributed by atoms with van der Waals surface area (Å²) in [6.45, 7) is 9.64. The van der Waals surface area contributed by atoms with E-state index in [2.05, 4.69) is 29.4 Å². The van der Waals surface area contributed by atoms with Gasteiger partial charge in [-0.1, -0.05) is 26.0 Å². The van der Waals surface area contributed by atoms with Gasteiger partial charge in [-0.25, -0.2) is 0 Å². The van der Waals surface area contributed by atoms with Gasteiger partial charge in [-0.2, -0.15) is 0 Å². The molecule has 0 radical (unpaired) electrons. The number of anilines is 1. The molecule has 138 valence electrons. The lowest BCUT2D eigenvalue weighted by Gasteiger charge is -2.18. The molecule has 2 N–H and O–H groups in total. The summed E-state index contributed by atoms with van der Waals surface area (Å²) in [5, 5.41) is 5.60. The summed E-state index contributed by atoms with van der Waals surface area (Å²) in [5.74, 6) is -0.278. The van der Waals surface area contributed by atoms with E-state index in [-0.39, 0.29) is 11.8 Å². The monoisotopic (exact) mass is 353 g/mol. The minimum Gasteiger partial charge on any atom is -0.352 e. The Kier molecular flexibility index (Phi) is 7.36. The molecular formula is C21H27N3O2. The van der Waals surface area contributed by atoms with Gasteiger partial charge in [0.05, 0.1) is 0 Å². The molecule has 26 heavy (non-hydrogen) atoms. The first-order valence-corrected chi connectivity index (χ1v) is 9.08. The van der Waals surface area contributed by atoms with Crippen LogP contribution in [0.2, 0.25) is 0 Å². The zero-order valence-corrected chi connectivity index (χ0v) is 15.7. The summed E-state index contributed by atoms with van der Waals surface area (Å²) < 4.78 is 0. The third-order valence-electron chi connectivity index (χ3n) is 4.26. The van der Waals surface area contributed by atoms with Crippen LogP contribution < -0.4 is 10.6 Å². The summed E-state index contributed by atoms with van der Waals surface area (Å²) in [5.41, 5.74) is 3.04. The number of nitrogens with zero attached hydrogens (tertiary/aromatic N) is 1. The van der Waals surface area contributed by atoms with E-state index >= 15 is 0 Å². The first kappa shape index (κ1) is 19.7. The molecule has 0 aromatic heterocycles. The maximum Gasteiger partial charge on any atom is 0.255 e. The van der Waals surface area contributed by atoms with Crippen LogP contribution in [-0.2, 0) is 6.54 Å². The van der Waals surface area contributed by atoms with Crippen molar-refractivity contribution in [3.63, 3.8) is 0 Å². The number of rotatable bonds is 8. The molecule has 0 saturated heterocycles. The molecule has 0 heterocycles. The summed E-state index contributed by atoms with van der Waals surface area (Å²) >= 11 is 0. The normalized spacial score (nSPS) is 10.6. The molecule has 5 nitrogen and oxygen atoms in total. The zero-order chi connectivity index (χ0) is 18.9. The van der Waals surface area contributed by atoms with Gasteiger partial charge >= 0.3 is 0 Å². The summed E-state index contributed by atoms with van der Waals surface area (Å²) in [6.07, 6.45) is 0. The second kappa shape index (κ2) is 9.73. The number of hydrogen-bond donors (Lipinski definition) is 2. The van der Waals surface area contributed by atoms with E-state index in [1.807, 2.05) is 31.2 Å². The van der Waals surface area contributed by atoms with Gasteiger partial charge in [0.1, 0.15) is 0 Å². The lowest BCUT2D eigenvalue weighted by atomic mass is 10.1. The molecule has 0 aliphatic rings.